The summed E-state index contributed by atoms with van der Waals surface area (Å²) < 4.78 is 1.16. The lowest BCUT2D eigenvalue weighted by molar-refractivity contribution is 0.580. The Kier molecular flexibility index (Phi) is 6.48. The second-order valence-corrected chi connectivity index (χ2v) is 6.91. The highest BCUT2D eigenvalue weighted by atomic mass is 79.9. The first-order chi connectivity index (χ1) is 9.29. The van der Waals surface area contributed by atoms with Gasteiger partial charge in [-0.1, -0.05) is 40.6 Å². The molecule has 2 rings (SSSR count). The lowest BCUT2D eigenvalue weighted by Crippen LogP contribution is -2.33. The van der Waals surface area contributed by atoms with Gasteiger partial charge in [-0.3, -0.25) is 0 Å². The molecule has 0 radical (unpaired) electrons. The zero-order valence-corrected chi connectivity index (χ0v) is 13.9. The topological polar surface area (TPSA) is 12.0 Å². The number of likely N-dealkylation sites (N-methyl/N-ethyl adjacent to an activating group) is 1. The van der Waals surface area contributed by atoms with E-state index in [-0.39, 0.29) is 0 Å². The molecule has 1 aliphatic carbocycles. The maximum atomic E-state index is 3.64. The summed E-state index contributed by atoms with van der Waals surface area (Å²) >= 11 is 5.48. The molecule has 0 spiro atoms. The number of benzene rings is 1. The van der Waals surface area contributed by atoms with Crippen molar-refractivity contribution in [2.45, 2.75) is 43.5 Å². The van der Waals surface area contributed by atoms with Crippen LogP contribution in [0.4, 0.5) is 0 Å². The van der Waals surface area contributed by atoms with Gasteiger partial charge in [-0.15, -0.1) is 11.8 Å². The van der Waals surface area contributed by atoms with E-state index in [0.29, 0.717) is 6.04 Å². The van der Waals surface area contributed by atoms with Crippen LogP contribution in [0.15, 0.2) is 45.3 Å². The molecule has 0 saturated heterocycles. The van der Waals surface area contributed by atoms with E-state index in [1.165, 1.54) is 30.6 Å². The minimum absolute atomic E-state index is 0.536. The number of hydrogen-bond donors (Lipinski definition) is 1. The molecule has 0 aliphatic heterocycles. The molecule has 1 aromatic rings. The average molecular weight is 340 g/mol. The van der Waals surface area contributed by atoms with Crippen molar-refractivity contribution in [3.8, 4) is 0 Å². The first kappa shape index (κ1) is 15.1. The fourth-order valence-electron chi connectivity index (χ4n) is 2.46. The normalized spacial score (nSPS) is 17.1. The van der Waals surface area contributed by atoms with Gasteiger partial charge in [-0.05, 0) is 50.4 Å². The van der Waals surface area contributed by atoms with E-state index in [2.05, 4.69) is 58.5 Å². The Bertz CT molecular complexity index is 431. The van der Waals surface area contributed by atoms with Crippen molar-refractivity contribution in [1.29, 1.82) is 0 Å². The first-order valence-corrected chi connectivity index (χ1v) is 8.88. The lowest BCUT2D eigenvalue weighted by atomic mass is 9.95. The average Bonchev–Trinajstić information content (AvgIpc) is 2.44. The summed E-state index contributed by atoms with van der Waals surface area (Å²) in [4.78, 5) is 1.34. The van der Waals surface area contributed by atoms with Gasteiger partial charge in [-0.2, -0.15) is 0 Å². The van der Waals surface area contributed by atoms with Gasteiger partial charge in [0.2, 0.25) is 0 Å². The monoisotopic (exact) mass is 339 g/mol. The second-order valence-electron chi connectivity index (χ2n) is 4.90. The maximum Gasteiger partial charge on any atom is 0.0374 e. The van der Waals surface area contributed by atoms with Crippen molar-refractivity contribution in [3.63, 3.8) is 0 Å². The smallest absolute Gasteiger partial charge is 0.0374 e. The molecule has 0 fully saturated rings. The fraction of sp³-hybridized carbons (Fsp3) is 0.500. The highest BCUT2D eigenvalue weighted by Crippen LogP contribution is 2.27. The summed E-state index contributed by atoms with van der Waals surface area (Å²) in [7, 11) is 0. The summed E-state index contributed by atoms with van der Waals surface area (Å²) in [5.41, 5.74) is 1.62. The van der Waals surface area contributed by atoms with Gasteiger partial charge in [0, 0.05) is 21.2 Å². The largest absolute Gasteiger partial charge is 0.310 e. The van der Waals surface area contributed by atoms with E-state index in [4.69, 9.17) is 0 Å². The standard InChI is InChI=1S/C16H22BrNS/c1-2-18-16(13-7-4-3-5-8-13)12-19-15-10-6-9-14(17)11-15/h6-7,9-11,16,18H,2-5,8,12H2,1H3. The van der Waals surface area contributed by atoms with Crippen LogP contribution in [0.1, 0.15) is 32.6 Å². The van der Waals surface area contributed by atoms with Crippen LogP contribution in [-0.4, -0.2) is 18.3 Å². The molecule has 0 saturated carbocycles. The van der Waals surface area contributed by atoms with Crippen LogP contribution >= 0.6 is 27.7 Å². The minimum Gasteiger partial charge on any atom is -0.310 e. The van der Waals surface area contributed by atoms with Crippen molar-refractivity contribution in [1.82, 2.24) is 5.32 Å². The Labute approximate surface area is 129 Å². The summed E-state index contributed by atoms with van der Waals surface area (Å²) in [6.45, 7) is 3.24. The van der Waals surface area contributed by atoms with Crippen molar-refractivity contribution in [2.24, 2.45) is 0 Å². The van der Waals surface area contributed by atoms with Gasteiger partial charge in [0.15, 0.2) is 0 Å². The van der Waals surface area contributed by atoms with E-state index in [1.54, 1.807) is 5.57 Å². The van der Waals surface area contributed by atoms with Gasteiger partial charge in [0.05, 0.1) is 0 Å². The van der Waals surface area contributed by atoms with E-state index in [9.17, 15) is 0 Å². The Balaban J connectivity index is 1.95. The number of thioether (sulfide) groups is 1. The fourth-order valence-corrected chi connectivity index (χ4v) is 4.09. The predicted molar refractivity (Wildman–Crippen MR) is 88.9 cm³/mol. The third kappa shape index (κ3) is 4.97. The molecule has 1 unspecified atom stereocenters. The van der Waals surface area contributed by atoms with E-state index in [1.807, 2.05) is 11.8 Å². The van der Waals surface area contributed by atoms with Gasteiger partial charge < -0.3 is 5.32 Å². The number of rotatable bonds is 6. The third-order valence-corrected chi connectivity index (χ3v) is 5.02. The number of halogens is 1. The summed E-state index contributed by atoms with van der Waals surface area (Å²) in [6, 6.07) is 9.11. The van der Waals surface area contributed by atoms with Gasteiger partial charge in [0.25, 0.3) is 0 Å². The molecule has 0 bridgehead atoms. The van der Waals surface area contributed by atoms with Gasteiger partial charge in [-0.25, -0.2) is 0 Å². The molecule has 1 aliphatic rings. The molecule has 1 aromatic carbocycles. The zero-order chi connectivity index (χ0) is 13.5. The molecule has 3 heteroatoms. The van der Waals surface area contributed by atoms with Crippen molar-refractivity contribution < 1.29 is 0 Å². The van der Waals surface area contributed by atoms with Crippen molar-refractivity contribution >= 4 is 27.7 Å². The van der Waals surface area contributed by atoms with E-state index < -0.39 is 0 Å². The maximum absolute atomic E-state index is 3.64. The number of nitrogens with one attached hydrogen (secondary N) is 1. The van der Waals surface area contributed by atoms with Crippen LogP contribution in [-0.2, 0) is 0 Å². The van der Waals surface area contributed by atoms with E-state index in [0.717, 1.165) is 16.8 Å². The molecule has 0 amide bonds. The highest BCUT2D eigenvalue weighted by molar-refractivity contribution is 9.10. The van der Waals surface area contributed by atoms with Crippen LogP contribution in [0.2, 0.25) is 0 Å². The predicted octanol–water partition coefficient (Wildman–Crippen LogP) is 5.02. The Morgan fingerprint density at radius 1 is 1.37 bits per heavy atom. The molecule has 1 nitrogen and oxygen atoms in total. The number of allylic oxidation sites excluding steroid dienone is 1. The third-order valence-electron chi connectivity index (χ3n) is 3.44. The van der Waals surface area contributed by atoms with Crippen LogP contribution in [0.25, 0.3) is 0 Å². The zero-order valence-electron chi connectivity index (χ0n) is 11.5. The lowest BCUT2D eigenvalue weighted by Gasteiger charge is -2.23. The van der Waals surface area contributed by atoms with Crippen LogP contribution in [0.5, 0.6) is 0 Å². The molecule has 19 heavy (non-hydrogen) atoms. The SMILES string of the molecule is CCNC(CSc1cccc(Br)c1)C1=CCCCC1. The Morgan fingerprint density at radius 3 is 2.95 bits per heavy atom. The van der Waals surface area contributed by atoms with Crippen LogP contribution < -0.4 is 5.32 Å². The summed E-state index contributed by atoms with van der Waals surface area (Å²) in [6.07, 6.45) is 7.71. The highest BCUT2D eigenvalue weighted by Gasteiger charge is 2.15. The molecular weight excluding hydrogens is 318 g/mol. The van der Waals surface area contributed by atoms with Crippen LogP contribution in [0, 0.1) is 0 Å². The van der Waals surface area contributed by atoms with E-state index >= 15 is 0 Å². The number of hydrogen-bond acceptors (Lipinski definition) is 2. The Morgan fingerprint density at radius 2 is 2.26 bits per heavy atom. The van der Waals surface area contributed by atoms with Crippen LogP contribution in [0.3, 0.4) is 0 Å². The van der Waals surface area contributed by atoms with Gasteiger partial charge >= 0.3 is 0 Å². The first-order valence-electron chi connectivity index (χ1n) is 7.10. The molecule has 0 aromatic heterocycles. The summed E-state index contributed by atoms with van der Waals surface area (Å²) in [5.74, 6) is 1.12. The van der Waals surface area contributed by atoms with Crippen molar-refractivity contribution in [2.75, 3.05) is 12.3 Å². The molecular formula is C16H22BrNS. The Hall–Kier alpha value is -0.250. The second kappa shape index (κ2) is 8.13. The minimum atomic E-state index is 0.536. The molecule has 0 heterocycles. The quantitative estimate of drug-likeness (QED) is 0.576. The van der Waals surface area contributed by atoms with Gasteiger partial charge in [0.1, 0.15) is 0 Å². The summed E-state index contributed by atoms with van der Waals surface area (Å²) in [5, 5.41) is 3.64. The molecule has 1 N–H and O–H groups in total. The van der Waals surface area contributed by atoms with Crippen molar-refractivity contribution in [3.05, 3.63) is 40.4 Å². The molecule has 104 valence electrons. The molecule has 1 atom stereocenters.